The van der Waals surface area contributed by atoms with Gasteiger partial charge >= 0.3 is 0 Å². The molecule has 4 atom stereocenters. The molecule has 0 radical (unpaired) electrons. The van der Waals surface area contributed by atoms with Gasteiger partial charge in [-0.25, -0.2) is 4.90 Å². The minimum Gasteiger partial charge on any atom is -0.366 e. The summed E-state index contributed by atoms with van der Waals surface area (Å²) in [5.41, 5.74) is 5.74. The first-order valence-electron chi connectivity index (χ1n) is 7.14. The molecule has 1 aliphatic heterocycles. The summed E-state index contributed by atoms with van der Waals surface area (Å²) in [6, 6.07) is 4.38. The maximum Gasteiger partial charge on any atom is 0.248 e. The number of nitrogens with zero attached hydrogens (tertiary/aromatic N) is 1. The van der Waals surface area contributed by atoms with Crippen LogP contribution in [0.15, 0.2) is 30.4 Å². The molecule has 0 spiro atoms. The molecule has 3 aliphatic rings. The maximum atomic E-state index is 12.7. The number of anilines is 1. The van der Waals surface area contributed by atoms with Crippen LogP contribution in [0.25, 0.3) is 0 Å². The second-order valence-corrected chi connectivity index (χ2v) is 6.45. The van der Waals surface area contributed by atoms with Crippen molar-refractivity contribution >= 4 is 35.0 Å². The molecule has 1 saturated carbocycles. The van der Waals surface area contributed by atoms with Crippen LogP contribution in [0.3, 0.4) is 0 Å². The highest BCUT2D eigenvalue weighted by Gasteiger charge is 2.59. The average molecular weight is 317 g/mol. The zero-order chi connectivity index (χ0) is 15.6. The minimum absolute atomic E-state index is 0.134. The first-order chi connectivity index (χ1) is 10.5. The number of carbonyl (C=O) groups is 3. The predicted octanol–water partition coefficient (Wildman–Crippen LogP) is 1.75. The van der Waals surface area contributed by atoms with E-state index in [4.69, 9.17) is 17.3 Å². The normalized spacial score (nSPS) is 32.0. The van der Waals surface area contributed by atoms with Crippen LogP contribution >= 0.6 is 11.6 Å². The molecular formula is C16H13ClN2O3. The highest BCUT2D eigenvalue weighted by molar-refractivity contribution is 6.36. The fourth-order valence-electron chi connectivity index (χ4n) is 3.98. The fraction of sp³-hybridized carbons (Fsp3) is 0.312. The predicted molar refractivity (Wildman–Crippen MR) is 80.2 cm³/mol. The van der Waals surface area contributed by atoms with Crippen molar-refractivity contribution in [1.82, 2.24) is 0 Å². The molecule has 0 aromatic heterocycles. The van der Waals surface area contributed by atoms with Crippen molar-refractivity contribution in [2.45, 2.75) is 6.42 Å². The van der Waals surface area contributed by atoms with Gasteiger partial charge in [0, 0.05) is 5.56 Å². The molecule has 1 aromatic carbocycles. The van der Waals surface area contributed by atoms with E-state index in [-0.39, 0.29) is 51.8 Å². The van der Waals surface area contributed by atoms with E-state index in [1.54, 1.807) is 0 Å². The third kappa shape index (κ3) is 1.63. The quantitative estimate of drug-likeness (QED) is 0.666. The Balaban J connectivity index is 1.79. The van der Waals surface area contributed by atoms with Crippen molar-refractivity contribution in [3.63, 3.8) is 0 Å². The smallest absolute Gasteiger partial charge is 0.248 e. The summed E-state index contributed by atoms with van der Waals surface area (Å²) in [5.74, 6) is -1.40. The van der Waals surface area contributed by atoms with Crippen LogP contribution in [-0.2, 0) is 9.59 Å². The van der Waals surface area contributed by atoms with Gasteiger partial charge in [-0.3, -0.25) is 14.4 Å². The lowest BCUT2D eigenvalue weighted by atomic mass is 9.85. The van der Waals surface area contributed by atoms with Crippen LogP contribution in [0.1, 0.15) is 16.8 Å². The van der Waals surface area contributed by atoms with E-state index in [1.807, 2.05) is 12.2 Å². The number of rotatable bonds is 2. The summed E-state index contributed by atoms with van der Waals surface area (Å²) < 4.78 is 0. The first-order valence-corrected chi connectivity index (χ1v) is 7.52. The molecule has 0 unspecified atom stereocenters. The van der Waals surface area contributed by atoms with Gasteiger partial charge < -0.3 is 5.73 Å². The number of nitrogens with two attached hydrogens (primary N) is 1. The zero-order valence-corrected chi connectivity index (χ0v) is 12.3. The van der Waals surface area contributed by atoms with Crippen molar-refractivity contribution in [3.05, 3.63) is 40.9 Å². The van der Waals surface area contributed by atoms with E-state index in [2.05, 4.69) is 0 Å². The lowest BCUT2D eigenvalue weighted by molar-refractivity contribution is -0.123. The molecule has 1 heterocycles. The van der Waals surface area contributed by atoms with Gasteiger partial charge in [0.25, 0.3) is 0 Å². The molecule has 2 bridgehead atoms. The number of primary amides is 1. The second-order valence-electron chi connectivity index (χ2n) is 6.04. The Kier molecular flexibility index (Phi) is 2.72. The van der Waals surface area contributed by atoms with Gasteiger partial charge in [0.05, 0.1) is 22.5 Å². The topological polar surface area (TPSA) is 80.5 Å². The Bertz CT molecular complexity index is 728. The van der Waals surface area contributed by atoms with Crippen LogP contribution in [0, 0.1) is 23.7 Å². The molecule has 4 rings (SSSR count). The van der Waals surface area contributed by atoms with Crippen LogP contribution in [0.2, 0.25) is 5.02 Å². The van der Waals surface area contributed by atoms with Gasteiger partial charge in [0.2, 0.25) is 17.7 Å². The number of allylic oxidation sites excluding steroid dienone is 2. The summed E-state index contributed by atoms with van der Waals surface area (Å²) in [4.78, 5) is 37.9. The van der Waals surface area contributed by atoms with Crippen molar-refractivity contribution < 1.29 is 14.4 Å². The SMILES string of the molecule is NC(=O)c1ccc(Cl)c(N2C(=O)[C@@H]3[C@H](C2=O)[C@@H]2C=C[C@H]3C2)c1. The molecule has 2 fully saturated rings. The number of halogens is 1. The summed E-state index contributed by atoms with van der Waals surface area (Å²) in [5, 5.41) is 0.256. The van der Waals surface area contributed by atoms with E-state index >= 15 is 0 Å². The minimum atomic E-state index is -0.626. The van der Waals surface area contributed by atoms with E-state index in [0.29, 0.717) is 0 Å². The average Bonchev–Trinajstić information content (AvgIpc) is 3.14. The van der Waals surface area contributed by atoms with Crippen LogP contribution < -0.4 is 10.6 Å². The molecule has 22 heavy (non-hydrogen) atoms. The van der Waals surface area contributed by atoms with Gasteiger partial charge in [-0.15, -0.1) is 0 Å². The Morgan fingerprint density at radius 3 is 2.27 bits per heavy atom. The number of hydrogen-bond acceptors (Lipinski definition) is 3. The first kappa shape index (κ1) is 13.5. The molecule has 1 aromatic rings. The number of carbonyl (C=O) groups excluding carboxylic acids is 3. The van der Waals surface area contributed by atoms with Crippen LogP contribution in [-0.4, -0.2) is 17.7 Å². The molecule has 3 amide bonds. The zero-order valence-electron chi connectivity index (χ0n) is 11.5. The van der Waals surface area contributed by atoms with Gasteiger partial charge in [0.15, 0.2) is 0 Å². The van der Waals surface area contributed by atoms with E-state index < -0.39 is 5.91 Å². The summed E-state index contributed by atoms with van der Waals surface area (Å²) in [6.07, 6.45) is 4.93. The molecule has 2 aliphatic carbocycles. The Labute approximate surface area is 131 Å². The molecule has 2 N–H and O–H groups in total. The Morgan fingerprint density at radius 2 is 1.73 bits per heavy atom. The third-order valence-corrected chi connectivity index (χ3v) is 5.26. The number of benzene rings is 1. The molecule has 5 nitrogen and oxygen atoms in total. The van der Waals surface area contributed by atoms with Gasteiger partial charge in [-0.2, -0.15) is 0 Å². The number of hydrogen-bond donors (Lipinski definition) is 1. The van der Waals surface area contributed by atoms with E-state index in [0.717, 1.165) is 11.3 Å². The lowest BCUT2D eigenvalue weighted by Crippen LogP contribution is -2.33. The van der Waals surface area contributed by atoms with Crippen LogP contribution in [0.4, 0.5) is 5.69 Å². The molecular weight excluding hydrogens is 304 g/mol. The third-order valence-electron chi connectivity index (χ3n) is 4.94. The Hall–Kier alpha value is -2.14. The highest BCUT2D eigenvalue weighted by atomic mass is 35.5. The second kappa shape index (κ2) is 4.43. The number of amides is 3. The van der Waals surface area contributed by atoms with Gasteiger partial charge in [0.1, 0.15) is 0 Å². The van der Waals surface area contributed by atoms with Crippen LogP contribution in [0.5, 0.6) is 0 Å². The van der Waals surface area contributed by atoms with E-state index in [1.165, 1.54) is 18.2 Å². The van der Waals surface area contributed by atoms with Gasteiger partial charge in [-0.05, 0) is 36.5 Å². The number of fused-ring (bicyclic) bond motifs is 5. The highest BCUT2D eigenvalue weighted by Crippen LogP contribution is 2.53. The van der Waals surface area contributed by atoms with Crippen molar-refractivity contribution in [2.24, 2.45) is 29.4 Å². The molecule has 1 saturated heterocycles. The summed E-state index contributed by atoms with van der Waals surface area (Å²) in [7, 11) is 0. The van der Waals surface area contributed by atoms with E-state index in [9.17, 15) is 14.4 Å². The largest absolute Gasteiger partial charge is 0.366 e. The maximum absolute atomic E-state index is 12.7. The molecule has 6 heteroatoms. The fourth-order valence-corrected chi connectivity index (χ4v) is 4.18. The monoisotopic (exact) mass is 316 g/mol. The summed E-state index contributed by atoms with van der Waals surface area (Å²) in [6.45, 7) is 0. The Morgan fingerprint density at radius 1 is 1.14 bits per heavy atom. The standard InChI is InChI=1S/C16H13ClN2O3/c17-10-4-3-9(14(18)20)6-11(10)19-15(21)12-7-1-2-8(5-7)13(12)16(19)22/h1-4,6-8,12-13H,5H2,(H2,18,20)/t7-,8+,12-,13+. The van der Waals surface area contributed by atoms with Crippen molar-refractivity contribution in [2.75, 3.05) is 4.90 Å². The lowest BCUT2D eigenvalue weighted by Gasteiger charge is -2.19. The summed E-state index contributed by atoms with van der Waals surface area (Å²) >= 11 is 6.14. The van der Waals surface area contributed by atoms with Gasteiger partial charge in [-0.1, -0.05) is 23.8 Å². The number of imide groups is 1. The van der Waals surface area contributed by atoms with Crippen molar-refractivity contribution in [3.8, 4) is 0 Å². The van der Waals surface area contributed by atoms with Crippen molar-refractivity contribution in [1.29, 1.82) is 0 Å². The molecule has 112 valence electrons.